The number of methoxy groups -OCH3 is 1. The number of rotatable bonds is 6. The highest BCUT2D eigenvalue weighted by Crippen LogP contribution is 2.28. The van der Waals surface area contributed by atoms with E-state index in [1.165, 1.54) is 26.3 Å². The fourth-order valence-electron chi connectivity index (χ4n) is 2.12. The van der Waals surface area contributed by atoms with Crippen molar-refractivity contribution in [3.05, 3.63) is 41.0 Å². The number of hydrogen-bond donors (Lipinski definition) is 3. The van der Waals surface area contributed by atoms with E-state index in [1.807, 2.05) is 6.07 Å². The fourth-order valence-corrected chi connectivity index (χ4v) is 2.88. The summed E-state index contributed by atoms with van der Waals surface area (Å²) in [5.74, 6) is 1.02. The molecule has 0 saturated carbocycles. The van der Waals surface area contributed by atoms with Crippen LogP contribution >= 0.6 is 0 Å². The lowest BCUT2D eigenvalue weighted by Gasteiger charge is -2.13. The zero-order chi connectivity index (χ0) is 17.7. The smallest absolute Gasteiger partial charge is 0.240 e. The van der Waals surface area contributed by atoms with Gasteiger partial charge in [-0.1, -0.05) is 6.58 Å². The number of aliphatic imine (C=N–C) groups is 1. The Morgan fingerprint density at radius 1 is 1.38 bits per heavy atom. The minimum atomic E-state index is -3.57. The van der Waals surface area contributed by atoms with E-state index >= 15 is 0 Å². The van der Waals surface area contributed by atoms with Crippen LogP contribution in [0.1, 0.15) is 6.92 Å². The lowest BCUT2D eigenvalue weighted by Crippen LogP contribution is -2.25. The van der Waals surface area contributed by atoms with Gasteiger partial charge in [0.1, 0.15) is 11.6 Å². The number of benzene rings is 1. The summed E-state index contributed by atoms with van der Waals surface area (Å²) >= 11 is 0. The highest BCUT2D eigenvalue weighted by Gasteiger charge is 2.15. The second-order valence-corrected chi connectivity index (χ2v) is 6.69. The van der Waals surface area contributed by atoms with Crippen molar-refractivity contribution in [2.45, 2.75) is 11.8 Å². The third-order valence-corrected chi connectivity index (χ3v) is 4.76. The molecule has 0 unspecified atom stereocenters. The molecule has 0 aliphatic heterocycles. The van der Waals surface area contributed by atoms with Crippen LogP contribution in [-0.2, 0) is 10.0 Å². The number of ether oxygens (including phenoxy) is 1. The molecule has 1 aromatic heterocycles. The Kier molecular flexibility index (Phi) is 5.42. The molecule has 7 nitrogen and oxygen atoms in total. The molecule has 128 valence electrons. The number of sulfonamides is 1. The topological polar surface area (TPSA) is 95.6 Å². The van der Waals surface area contributed by atoms with E-state index in [0.29, 0.717) is 22.6 Å². The van der Waals surface area contributed by atoms with Gasteiger partial charge in [0, 0.05) is 23.0 Å². The zero-order valence-electron chi connectivity index (χ0n) is 13.8. The first-order valence-corrected chi connectivity index (χ1v) is 8.65. The standard InChI is InChI=1S/C16H20N4O3S/c1-5-18-16(13-8-9-19-11(13)2)20-14-10-12(24(21,22)17-3)6-7-15(14)23-4/h5-10,17,19-20H,2H2,1,3-4H3/b16-13+,18-5?. The number of H-pyrrole nitrogens is 1. The summed E-state index contributed by atoms with van der Waals surface area (Å²) in [7, 11) is -0.693. The Balaban J connectivity index is 2.61. The average Bonchev–Trinajstić information content (AvgIpc) is 3.00. The highest BCUT2D eigenvalue weighted by atomic mass is 32.2. The van der Waals surface area contributed by atoms with Crippen LogP contribution in [-0.4, -0.2) is 33.8 Å². The van der Waals surface area contributed by atoms with Crippen molar-refractivity contribution in [1.29, 1.82) is 0 Å². The lowest BCUT2D eigenvalue weighted by molar-refractivity contribution is 0.416. The van der Waals surface area contributed by atoms with E-state index in [9.17, 15) is 8.42 Å². The average molecular weight is 348 g/mol. The normalized spacial score (nSPS) is 13.1. The molecule has 2 rings (SSSR count). The minimum absolute atomic E-state index is 0.122. The Labute approximate surface area is 140 Å². The molecule has 1 aromatic carbocycles. The molecular formula is C16H20N4O3S. The van der Waals surface area contributed by atoms with Crippen LogP contribution in [0, 0.1) is 0 Å². The van der Waals surface area contributed by atoms with Crippen molar-refractivity contribution in [3.8, 4) is 5.75 Å². The van der Waals surface area contributed by atoms with Gasteiger partial charge in [-0.05, 0) is 38.2 Å². The molecule has 24 heavy (non-hydrogen) atoms. The maximum Gasteiger partial charge on any atom is 0.240 e. The van der Waals surface area contributed by atoms with Crippen LogP contribution in [0.25, 0.3) is 12.4 Å². The van der Waals surface area contributed by atoms with Crippen molar-refractivity contribution in [2.75, 3.05) is 19.5 Å². The molecule has 0 fully saturated rings. The van der Waals surface area contributed by atoms with Crippen LogP contribution in [0.4, 0.5) is 5.69 Å². The second-order valence-electron chi connectivity index (χ2n) is 4.80. The third-order valence-electron chi connectivity index (χ3n) is 3.35. The Morgan fingerprint density at radius 2 is 2.12 bits per heavy atom. The summed E-state index contributed by atoms with van der Waals surface area (Å²) in [6, 6.07) is 6.38. The largest absolute Gasteiger partial charge is 0.495 e. The van der Waals surface area contributed by atoms with Crippen molar-refractivity contribution in [1.82, 2.24) is 9.71 Å². The van der Waals surface area contributed by atoms with E-state index in [0.717, 1.165) is 5.22 Å². The van der Waals surface area contributed by atoms with E-state index in [1.54, 1.807) is 25.4 Å². The molecule has 0 saturated heterocycles. The van der Waals surface area contributed by atoms with Gasteiger partial charge in [-0.25, -0.2) is 18.1 Å². The highest BCUT2D eigenvalue weighted by molar-refractivity contribution is 7.89. The van der Waals surface area contributed by atoms with Gasteiger partial charge >= 0.3 is 0 Å². The number of aromatic nitrogens is 1. The maximum absolute atomic E-state index is 12.0. The van der Waals surface area contributed by atoms with E-state index in [4.69, 9.17) is 4.74 Å². The molecule has 0 atom stereocenters. The van der Waals surface area contributed by atoms with Crippen molar-refractivity contribution in [3.63, 3.8) is 0 Å². The van der Waals surface area contributed by atoms with Gasteiger partial charge in [-0.3, -0.25) is 0 Å². The van der Waals surface area contributed by atoms with Crippen LogP contribution in [0.3, 0.4) is 0 Å². The molecular weight excluding hydrogens is 328 g/mol. The van der Waals surface area contributed by atoms with Gasteiger partial charge in [0.2, 0.25) is 10.0 Å². The first-order valence-electron chi connectivity index (χ1n) is 7.17. The van der Waals surface area contributed by atoms with E-state index < -0.39 is 10.0 Å². The SMILES string of the molecule is C=c1[nH]cc/c1=C(/N=CC)Nc1cc(S(=O)(=O)NC)ccc1OC. The van der Waals surface area contributed by atoms with Gasteiger partial charge in [-0.15, -0.1) is 0 Å². The van der Waals surface area contributed by atoms with Crippen LogP contribution in [0.5, 0.6) is 5.75 Å². The maximum atomic E-state index is 12.0. The molecule has 0 bridgehead atoms. The molecule has 8 heteroatoms. The van der Waals surface area contributed by atoms with E-state index in [2.05, 4.69) is 26.6 Å². The van der Waals surface area contributed by atoms with Crippen molar-refractivity contribution >= 4 is 34.3 Å². The molecule has 0 aliphatic carbocycles. The van der Waals surface area contributed by atoms with E-state index in [-0.39, 0.29) is 4.90 Å². The van der Waals surface area contributed by atoms with Gasteiger partial charge in [0.15, 0.2) is 0 Å². The number of nitrogens with one attached hydrogen (secondary N) is 3. The Bertz CT molecular complexity index is 961. The number of anilines is 1. The van der Waals surface area contributed by atoms with Crippen LogP contribution in [0.2, 0.25) is 0 Å². The summed E-state index contributed by atoms with van der Waals surface area (Å²) in [6.07, 6.45) is 3.39. The molecule has 0 radical (unpaired) electrons. The summed E-state index contributed by atoms with van der Waals surface area (Å²) < 4.78 is 31.6. The summed E-state index contributed by atoms with van der Waals surface area (Å²) in [6.45, 7) is 5.70. The quantitative estimate of drug-likeness (QED) is 0.667. The number of hydrogen-bond acceptors (Lipinski definition) is 5. The Morgan fingerprint density at radius 3 is 2.67 bits per heavy atom. The third kappa shape index (κ3) is 3.66. The molecule has 2 aromatic rings. The summed E-state index contributed by atoms with van der Waals surface area (Å²) in [5, 5.41) is 4.59. The van der Waals surface area contributed by atoms with Gasteiger partial charge in [0.05, 0.1) is 17.7 Å². The lowest BCUT2D eigenvalue weighted by atomic mass is 10.3. The molecule has 1 heterocycles. The molecule has 3 N–H and O–H groups in total. The first-order chi connectivity index (χ1) is 11.4. The predicted molar refractivity (Wildman–Crippen MR) is 96.0 cm³/mol. The fraction of sp³-hybridized carbons (Fsp3) is 0.188. The second kappa shape index (κ2) is 7.33. The van der Waals surface area contributed by atoms with Crippen molar-refractivity contribution in [2.24, 2.45) is 4.99 Å². The molecule has 0 amide bonds. The molecule has 0 aliphatic rings. The van der Waals surface area contributed by atoms with Gasteiger partial charge in [-0.2, -0.15) is 0 Å². The number of nitrogens with zero attached hydrogens (tertiary/aromatic N) is 1. The van der Waals surface area contributed by atoms with Gasteiger partial charge in [0.25, 0.3) is 0 Å². The van der Waals surface area contributed by atoms with Gasteiger partial charge < -0.3 is 15.0 Å². The summed E-state index contributed by atoms with van der Waals surface area (Å²) in [5.41, 5.74) is 0.482. The molecule has 0 spiro atoms. The Hall–Kier alpha value is -2.58. The first kappa shape index (κ1) is 17.8. The monoisotopic (exact) mass is 348 g/mol. The van der Waals surface area contributed by atoms with Crippen LogP contribution in [0.15, 0.2) is 40.4 Å². The zero-order valence-corrected chi connectivity index (χ0v) is 14.6. The predicted octanol–water partition coefficient (Wildman–Crippen LogP) is 0.610. The minimum Gasteiger partial charge on any atom is -0.495 e. The summed E-state index contributed by atoms with van der Waals surface area (Å²) in [4.78, 5) is 7.42. The van der Waals surface area contributed by atoms with Crippen molar-refractivity contribution < 1.29 is 13.2 Å². The number of aromatic amines is 1. The van der Waals surface area contributed by atoms with Crippen LogP contribution < -0.4 is 25.3 Å².